The average molecular weight is 516 g/mol. The van der Waals surface area contributed by atoms with Crippen molar-refractivity contribution in [3.05, 3.63) is 64.7 Å². The molecule has 0 aromatic heterocycles. The second-order valence-corrected chi connectivity index (χ2v) is 12.5. The van der Waals surface area contributed by atoms with E-state index < -0.39 is 21.6 Å². The van der Waals surface area contributed by atoms with Gasteiger partial charge in [-0.3, -0.25) is 13.9 Å². The first kappa shape index (κ1) is 29.4. The lowest BCUT2D eigenvalue weighted by Gasteiger charge is -2.32. The monoisotopic (exact) mass is 515 g/mol. The molecule has 1 N–H and O–H groups in total. The minimum Gasteiger partial charge on any atom is -0.350 e. The number of carbonyl (C=O) groups excluding carboxylic acids is 2. The first-order chi connectivity index (χ1) is 16.6. The van der Waals surface area contributed by atoms with Gasteiger partial charge < -0.3 is 10.2 Å². The topological polar surface area (TPSA) is 86.8 Å². The van der Waals surface area contributed by atoms with E-state index in [-0.39, 0.29) is 24.8 Å². The highest BCUT2D eigenvalue weighted by Crippen LogP contribution is 2.22. The number of hydrogen-bond donors (Lipinski definition) is 1. The van der Waals surface area contributed by atoms with Crippen LogP contribution in [0.2, 0.25) is 0 Å². The standard InChI is InChI=1S/C28H41N3O4S/c1-20-11-14-24(15-12-20)19-30(23(4)27(33)29-28(5,6)7)26(32)10-9-17-31(36(8,34)35)25-16-13-21(2)22(3)18-25/h11-16,18,23H,9-10,17,19H2,1-8H3,(H,29,33)/t23-/m0/s1. The van der Waals surface area contributed by atoms with Crippen molar-refractivity contribution in [3.8, 4) is 0 Å². The summed E-state index contributed by atoms with van der Waals surface area (Å²) in [5.41, 5.74) is 4.28. The van der Waals surface area contributed by atoms with Crippen molar-refractivity contribution < 1.29 is 18.0 Å². The zero-order chi connectivity index (χ0) is 27.3. The number of hydrogen-bond acceptors (Lipinski definition) is 4. The Balaban J connectivity index is 2.20. The fraction of sp³-hybridized carbons (Fsp3) is 0.500. The van der Waals surface area contributed by atoms with Gasteiger partial charge in [-0.05, 0) is 83.7 Å². The van der Waals surface area contributed by atoms with E-state index in [4.69, 9.17) is 0 Å². The molecular formula is C28H41N3O4S. The predicted molar refractivity (Wildman–Crippen MR) is 146 cm³/mol. The van der Waals surface area contributed by atoms with E-state index in [2.05, 4.69) is 5.32 Å². The Kier molecular flexibility index (Phi) is 9.71. The van der Waals surface area contributed by atoms with Crippen LogP contribution in [0.4, 0.5) is 5.69 Å². The molecule has 2 aromatic carbocycles. The van der Waals surface area contributed by atoms with Crippen molar-refractivity contribution in [1.82, 2.24) is 10.2 Å². The number of rotatable bonds is 10. The van der Waals surface area contributed by atoms with Gasteiger partial charge >= 0.3 is 0 Å². The molecule has 2 amide bonds. The number of amides is 2. The molecule has 7 nitrogen and oxygen atoms in total. The van der Waals surface area contributed by atoms with Crippen molar-refractivity contribution in [2.45, 2.75) is 79.4 Å². The molecule has 0 unspecified atom stereocenters. The third-order valence-electron chi connectivity index (χ3n) is 6.07. The van der Waals surface area contributed by atoms with Crippen LogP contribution in [0.3, 0.4) is 0 Å². The second-order valence-electron chi connectivity index (χ2n) is 10.6. The first-order valence-corrected chi connectivity index (χ1v) is 14.2. The minimum absolute atomic E-state index is 0.121. The summed E-state index contributed by atoms with van der Waals surface area (Å²) in [6.07, 6.45) is 1.62. The summed E-state index contributed by atoms with van der Waals surface area (Å²) in [7, 11) is -3.52. The molecular weight excluding hydrogens is 474 g/mol. The van der Waals surface area contributed by atoms with Crippen molar-refractivity contribution in [1.29, 1.82) is 0 Å². The van der Waals surface area contributed by atoms with Crippen molar-refractivity contribution in [2.24, 2.45) is 0 Å². The third kappa shape index (κ3) is 8.66. The lowest BCUT2D eigenvalue weighted by molar-refractivity contribution is -0.141. The SMILES string of the molecule is Cc1ccc(CN(C(=O)CCCN(c2ccc(C)c(C)c2)S(C)(=O)=O)[C@@H](C)C(=O)NC(C)(C)C)cc1. The van der Waals surface area contributed by atoms with E-state index >= 15 is 0 Å². The minimum atomic E-state index is -3.52. The number of anilines is 1. The molecule has 36 heavy (non-hydrogen) atoms. The number of benzene rings is 2. The molecule has 1 atom stereocenters. The highest BCUT2D eigenvalue weighted by Gasteiger charge is 2.28. The highest BCUT2D eigenvalue weighted by molar-refractivity contribution is 7.92. The lowest BCUT2D eigenvalue weighted by Crippen LogP contribution is -2.52. The maximum Gasteiger partial charge on any atom is 0.242 e. The Morgan fingerprint density at radius 1 is 0.972 bits per heavy atom. The molecule has 0 saturated heterocycles. The van der Waals surface area contributed by atoms with Gasteiger partial charge in [-0.15, -0.1) is 0 Å². The van der Waals surface area contributed by atoms with Crippen molar-refractivity contribution in [3.63, 3.8) is 0 Å². The number of sulfonamides is 1. The van der Waals surface area contributed by atoms with Crippen LogP contribution >= 0.6 is 0 Å². The molecule has 0 spiro atoms. The van der Waals surface area contributed by atoms with E-state index in [1.165, 1.54) is 10.6 Å². The molecule has 8 heteroatoms. The zero-order valence-electron chi connectivity index (χ0n) is 22.9. The van der Waals surface area contributed by atoms with Gasteiger partial charge in [0.15, 0.2) is 0 Å². The van der Waals surface area contributed by atoms with Gasteiger partial charge in [0.2, 0.25) is 21.8 Å². The van der Waals surface area contributed by atoms with Crippen LogP contribution in [0.15, 0.2) is 42.5 Å². The third-order valence-corrected chi connectivity index (χ3v) is 7.26. The summed E-state index contributed by atoms with van der Waals surface area (Å²) < 4.78 is 26.4. The maximum absolute atomic E-state index is 13.4. The largest absolute Gasteiger partial charge is 0.350 e. The van der Waals surface area contributed by atoms with Gasteiger partial charge in [-0.25, -0.2) is 8.42 Å². The summed E-state index contributed by atoms with van der Waals surface area (Å²) in [6, 6.07) is 12.7. The summed E-state index contributed by atoms with van der Waals surface area (Å²) in [4.78, 5) is 27.9. The van der Waals surface area contributed by atoms with Gasteiger partial charge in [-0.1, -0.05) is 35.9 Å². The molecule has 198 valence electrons. The molecule has 0 radical (unpaired) electrons. The van der Waals surface area contributed by atoms with Crippen LogP contribution < -0.4 is 9.62 Å². The van der Waals surface area contributed by atoms with E-state index in [0.717, 1.165) is 22.3 Å². The maximum atomic E-state index is 13.4. The zero-order valence-corrected chi connectivity index (χ0v) is 23.7. The van der Waals surface area contributed by atoms with Crippen LogP contribution in [0, 0.1) is 20.8 Å². The summed E-state index contributed by atoms with van der Waals surface area (Å²) in [5.74, 6) is -0.420. The van der Waals surface area contributed by atoms with E-state index in [0.29, 0.717) is 18.7 Å². The Bertz CT molecular complexity index is 1170. The molecule has 0 aliphatic carbocycles. The molecule has 0 saturated carbocycles. The van der Waals surface area contributed by atoms with E-state index in [1.807, 2.05) is 77.9 Å². The van der Waals surface area contributed by atoms with E-state index in [9.17, 15) is 18.0 Å². The van der Waals surface area contributed by atoms with Gasteiger partial charge in [-0.2, -0.15) is 0 Å². The fourth-order valence-corrected chi connectivity index (χ4v) is 4.79. The average Bonchev–Trinajstić information content (AvgIpc) is 2.75. The van der Waals surface area contributed by atoms with Crippen LogP contribution in [0.1, 0.15) is 62.8 Å². The first-order valence-electron chi connectivity index (χ1n) is 12.3. The van der Waals surface area contributed by atoms with Crippen LogP contribution in [-0.2, 0) is 26.2 Å². The molecule has 2 rings (SSSR count). The summed E-state index contributed by atoms with van der Waals surface area (Å²) in [6.45, 7) is 13.8. The van der Waals surface area contributed by atoms with Crippen LogP contribution in [0.5, 0.6) is 0 Å². The Labute approximate surface area is 216 Å². The second kappa shape index (κ2) is 11.9. The highest BCUT2D eigenvalue weighted by atomic mass is 32.2. The number of carbonyl (C=O) groups is 2. The molecule has 2 aromatic rings. The van der Waals surface area contributed by atoms with Crippen molar-refractivity contribution in [2.75, 3.05) is 17.1 Å². The molecule has 0 aliphatic heterocycles. The van der Waals surface area contributed by atoms with Crippen LogP contribution in [-0.4, -0.2) is 49.5 Å². The molecule has 0 aliphatic rings. The lowest BCUT2D eigenvalue weighted by atomic mass is 10.1. The van der Waals surface area contributed by atoms with Gasteiger partial charge in [0.25, 0.3) is 0 Å². The number of nitrogens with one attached hydrogen (secondary N) is 1. The Hall–Kier alpha value is -2.87. The predicted octanol–water partition coefficient (Wildman–Crippen LogP) is 4.49. The smallest absolute Gasteiger partial charge is 0.242 e. The van der Waals surface area contributed by atoms with Gasteiger partial charge in [0.05, 0.1) is 11.9 Å². The summed E-state index contributed by atoms with van der Waals surface area (Å²) in [5, 5.41) is 2.95. The Morgan fingerprint density at radius 3 is 2.11 bits per heavy atom. The van der Waals surface area contributed by atoms with Gasteiger partial charge in [0.1, 0.15) is 6.04 Å². The number of aryl methyl sites for hydroxylation is 3. The normalized spacial score (nSPS) is 12.7. The van der Waals surface area contributed by atoms with Crippen LogP contribution in [0.25, 0.3) is 0 Å². The van der Waals surface area contributed by atoms with Crippen molar-refractivity contribution >= 4 is 27.5 Å². The summed E-state index contributed by atoms with van der Waals surface area (Å²) >= 11 is 0. The molecule has 0 bridgehead atoms. The quantitative estimate of drug-likeness (QED) is 0.505. The molecule has 0 fully saturated rings. The van der Waals surface area contributed by atoms with E-state index in [1.54, 1.807) is 17.9 Å². The molecule has 0 heterocycles. The van der Waals surface area contributed by atoms with Gasteiger partial charge in [0, 0.05) is 25.0 Å². The Morgan fingerprint density at radius 2 is 1.58 bits per heavy atom. The fourth-order valence-electron chi connectivity index (χ4n) is 3.83. The number of nitrogens with zero attached hydrogens (tertiary/aromatic N) is 2.